The smallest absolute Gasteiger partial charge is 0.220 e. The minimum absolute atomic E-state index is 0.0970. The molecule has 2 aromatic rings. The van der Waals surface area contributed by atoms with E-state index in [4.69, 9.17) is 0 Å². The molecule has 2 N–H and O–H groups in total. The van der Waals surface area contributed by atoms with Gasteiger partial charge in [0.2, 0.25) is 5.91 Å². The molecule has 1 saturated heterocycles. The summed E-state index contributed by atoms with van der Waals surface area (Å²) in [6.07, 6.45) is 5.45. The van der Waals surface area contributed by atoms with Gasteiger partial charge in [0.25, 0.3) is 0 Å². The molecule has 6 heteroatoms. The molecule has 1 aliphatic heterocycles. The molecule has 2 aromatic heterocycles. The zero-order chi connectivity index (χ0) is 16.1. The van der Waals surface area contributed by atoms with E-state index in [1.807, 2.05) is 6.92 Å². The molecule has 0 spiro atoms. The van der Waals surface area contributed by atoms with Crippen LogP contribution in [0.15, 0.2) is 23.7 Å². The van der Waals surface area contributed by atoms with Crippen LogP contribution in [-0.4, -0.2) is 40.4 Å². The molecule has 0 saturated carbocycles. The van der Waals surface area contributed by atoms with Crippen molar-refractivity contribution in [3.8, 4) is 0 Å². The second kappa shape index (κ2) is 7.75. The number of aromatic amines is 1. The second-order valence-corrected chi connectivity index (χ2v) is 7.07. The van der Waals surface area contributed by atoms with Gasteiger partial charge in [-0.2, -0.15) is 0 Å². The first-order valence-corrected chi connectivity index (χ1v) is 9.15. The lowest BCUT2D eigenvalue weighted by Gasteiger charge is -2.26. The van der Waals surface area contributed by atoms with Crippen LogP contribution in [0.5, 0.6) is 0 Å². The quantitative estimate of drug-likeness (QED) is 0.819. The van der Waals surface area contributed by atoms with Gasteiger partial charge in [-0.15, -0.1) is 11.3 Å². The number of imidazole rings is 1. The highest BCUT2D eigenvalue weighted by molar-refractivity contribution is 7.10. The Bertz CT molecular complexity index is 616. The van der Waals surface area contributed by atoms with Crippen LogP contribution in [0.2, 0.25) is 0 Å². The lowest BCUT2D eigenvalue weighted by Crippen LogP contribution is -2.36. The maximum absolute atomic E-state index is 12.1. The van der Waals surface area contributed by atoms with Crippen molar-refractivity contribution in [2.24, 2.45) is 0 Å². The van der Waals surface area contributed by atoms with Gasteiger partial charge < -0.3 is 10.3 Å². The molecule has 0 bridgehead atoms. The number of aryl methyl sites for hydroxylation is 2. The molecule has 3 rings (SSSR count). The molecule has 23 heavy (non-hydrogen) atoms. The average Bonchev–Trinajstić information content (AvgIpc) is 3.28. The second-order valence-electron chi connectivity index (χ2n) is 6.09. The monoisotopic (exact) mass is 332 g/mol. The van der Waals surface area contributed by atoms with Crippen LogP contribution in [0.4, 0.5) is 0 Å². The molecule has 5 nitrogen and oxygen atoms in total. The van der Waals surface area contributed by atoms with Gasteiger partial charge in [-0.3, -0.25) is 9.69 Å². The summed E-state index contributed by atoms with van der Waals surface area (Å²) in [4.78, 5) is 23.4. The molecule has 1 unspecified atom stereocenters. The fourth-order valence-corrected chi connectivity index (χ4v) is 3.93. The average molecular weight is 332 g/mol. The molecule has 1 atom stereocenters. The summed E-state index contributed by atoms with van der Waals surface area (Å²) in [6, 6.07) is 4.57. The van der Waals surface area contributed by atoms with E-state index in [0.29, 0.717) is 25.4 Å². The van der Waals surface area contributed by atoms with Crippen LogP contribution >= 0.6 is 11.3 Å². The minimum atomic E-state index is 0.0970. The van der Waals surface area contributed by atoms with Crippen molar-refractivity contribution in [2.45, 2.75) is 38.6 Å². The predicted octanol–water partition coefficient (Wildman–Crippen LogP) is 2.67. The van der Waals surface area contributed by atoms with E-state index in [2.05, 4.69) is 37.7 Å². The first-order chi connectivity index (χ1) is 11.2. The lowest BCUT2D eigenvalue weighted by atomic mass is 10.2. The topological polar surface area (TPSA) is 61.0 Å². The summed E-state index contributed by atoms with van der Waals surface area (Å²) in [5, 5.41) is 5.22. The first kappa shape index (κ1) is 16.2. The molecule has 0 aliphatic carbocycles. The van der Waals surface area contributed by atoms with E-state index in [9.17, 15) is 4.79 Å². The van der Waals surface area contributed by atoms with Crippen LogP contribution in [0.3, 0.4) is 0 Å². The van der Waals surface area contributed by atoms with Crippen LogP contribution in [-0.2, 0) is 11.2 Å². The largest absolute Gasteiger partial charge is 0.354 e. The number of hydrogen-bond acceptors (Lipinski definition) is 4. The van der Waals surface area contributed by atoms with Gasteiger partial charge in [-0.05, 0) is 44.3 Å². The molecule has 3 heterocycles. The summed E-state index contributed by atoms with van der Waals surface area (Å²) in [7, 11) is 0. The van der Waals surface area contributed by atoms with E-state index in [-0.39, 0.29) is 5.91 Å². The van der Waals surface area contributed by atoms with Crippen LogP contribution in [0.25, 0.3) is 0 Å². The van der Waals surface area contributed by atoms with E-state index in [1.165, 1.54) is 17.7 Å². The van der Waals surface area contributed by atoms with Crippen LogP contribution < -0.4 is 5.32 Å². The number of aromatic nitrogens is 2. The normalized spacial score (nSPS) is 16.6. The van der Waals surface area contributed by atoms with Gasteiger partial charge in [0.15, 0.2) is 0 Å². The molecule has 0 aromatic carbocycles. The lowest BCUT2D eigenvalue weighted by molar-refractivity contribution is -0.121. The van der Waals surface area contributed by atoms with Crippen molar-refractivity contribution in [1.82, 2.24) is 20.2 Å². The van der Waals surface area contributed by atoms with Crippen molar-refractivity contribution in [1.29, 1.82) is 0 Å². The maximum Gasteiger partial charge on any atom is 0.220 e. The fraction of sp³-hybridized carbons (Fsp3) is 0.529. The Balaban J connectivity index is 1.50. The SMILES string of the molecule is Cc1cnc(CCC(=O)NCC(c2cccs2)N2CCCC2)[nH]1. The van der Waals surface area contributed by atoms with Crippen molar-refractivity contribution in [2.75, 3.05) is 19.6 Å². The Kier molecular flexibility index (Phi) is 5.46. The fourth-order valence-electron chi connectivity index (χ4n) is 3.07. The molecule has 0 radical (unpaired) electrons. The highest BCUT2D eigenvalue weighted by Crippen LogP contribution is 2.27. The molecule has 1 fully saturated rings. The Morgan fingerprint density at radius 1 is 1.48 bits per heavy atom. The predicted molar refractivity (Wildman–Crippen MR) is 92.5 cm³/mol. The number of nitrogens with one attached hydrogen (secondary N) is 2. The van der Waals surface area contributed by atoms with E-state index < -0.39 is 0 Å². The Hall–Kier alpha value is -1.66. The summed E-state index contributed by atoms with van der Waals surface area (Å²) < 4.78 is 0. The number of H-pyrrole nitrogens is 1. The van der Waals surface area contributed by atoms with Crippen molar-refractivity contribution < 1.29 is 4.79 Å². The number of nitrogens with zero attached hydrogens (tertiary/aromatic N) is 2. The number of amides is 1. The van der Waals surface area contributed by atoms with Gasteiger partial charge in [-0.1, -0.05) is 6.07 Å². The van der Waals surface area contributed by atoms with Gasteiger partial charge in [0.1, 0.15) is 5.82 Å². The number of carbonyl (C=O) groups excluding carboxylic acids is 1. The Morgan fingerprint density at radius 2 is 2.30 bits per heavy atom. The molecular weight excluding hydrogens is 308 g/mol. The van der Waals surface area contributed by atoms with Crippen LogP contribution in [0, 0.1) is 6.92 Å². The van der Waals surface area contributed by atoms with Crippen molar-refractivity contribution in [3.05, 3.63) is 40.1 Å². The third kappa shape index (κ3) is 4.42. The third-order valence-electron chi connectivity index (χ3n) is 4.29. The zero-order valence-corrected chi connectivity index (χ0v) is 14.4. The van der Waals surface area contributed by atoms with E-state index in [1.54, 1.807) is 17.5 Å². The minimum Gasteiger partial charge on any atom is -0.354 e. The number of carbonyl (C=O) groups is 1. The molecule has 1 aliphatic rings. The summed E-state index contributed by atoms with van der Waals surface area (Å²) in [6.45, 7) is 4.92. The van der Waals surface area contributed by atoms with Crippen molar-refractivity contribution >= 4 is 17.2 Å². The number of hydrogen-bond donors (Lipinski definition) is 2. The third-order valence-corrected chi connectivity index (χ3v) is 5.26. The van der Waals surface area contributed by atoms with Crippen LogP contribution in [0.1, 0.15) is 41.7 Å². The summed E-state index contributed by atoms with van der Waals surface area (Å²) in [5.74, 6) is 0.979. The first-order valence-electron chi connectivity index (χ1n) is 8.27. The van der Waals surface area contributed by atoms with E-state index in [0.717, 1.165) is 24.6 Å². The molecular formula is C17H24N4OS. The standard InChI is InChI=1S/C17H24N4OS/c1-13-11-18-16(20-13)6-7-17(22)19-12-14(15-5-4-10-23-15)21-8-2-3-9-21/h4-5,10-11,14H,2-3,6-9,12H2,1H3,(H,18,20)(H,19,22). The zero-order valence-electron chi connectivity index (χ0n) is 13.5. The maximum atomic E-state index is 12.1. The van der Waals surface area contributed by atoms with Gasteiger partial charge in [0, 0.05) is 36.2 Å². The van der Waals surface area contributed by atoms with Gasteiger partial charge >= 0.3 is 0 Å². The number of likely N-dealkylation sites (tertiary alicyclic amines) is 1. The Morgan fingerprint density at radius 3 is 2.96 bits per heavy atom. The number of thiophene rings is 1. The number of rotatable bonds is 7. The Labute approximate surface area is 141 Å². The molecule has 124 valence electrons. The molecule has 1 amide bonds. The van der Waals surface area contributed by atoms with Crippen molar-refractivity contribution in [3.63, 3.8) is 0 Å². The van der Waals surface area contributed by atoms with E-state index >= 15 is 0 Å². The van der Waals surface area contributed by atoms with Gasteiger partial charge in [0.05, 0.1) is 6.04 Å². The summed E-state index contributed by atoms with van der Waals surface area (Å²) >= 11 is 1.77. The highest BCUT2D eigenvalue weighted by Gasteiger charge is 2.24. The highest BCUT2D eigenvalue weighted by atomic mass is 32.1. The van der Waals surface area contributed by atoms with Gasteiger partial charge in [-0.25, -0.2) is 4.98 Å². The summed E-state index contributed by atoms with van der Waals surface area (Å²) in [5.41, 5.74) is 1.03.